The minimum atomic E-state index is -4.64. The van der Waals surface area contributed by atoms with Gasteiger partial charge in [-0.15, -0.1) is 0 Å². The van der Waals surface area contributed by atoms with Gasteiger partial charge in [-0.2, -0.15) is 0 Å². The summed E-state index contributed by atoms with van der Waals surface area (Å²) >= 11 is 0. The number of sulfonamides is 1. The first-order chi connectivity index (χ1) is 22.0. The quantitative estimate of drug-likeness (QED) is 0.0566. The Balaban J connectivity index is 1.97. The standard InChI is InChI=1S/C28H34N6O11P2S/c1-28(2,27(37)34(7-9-46(38,39)40)8-10-47(41,42)43)16-12-19(18-14-17(48(31,44)45)4-6-23(18)35)24(36)20(13-16)26-32-21-5-3-15(25(29)30)11-22(21)33-26/h3-6,11-14,35-36H,7-10H2,1-2H3,(H3,29,30)(H,32,33)(H2,31,44,45)(H2,38,39,40)(H2,41,42,43). The van der Waals surface area contributed by atoms with Crippen molar-refractivity contribution in [3.63, 3.8) is 0 Å². The molecule has 0 bridgehead atoms. The van der Waals surface area contributed by atoms with Crippen LogP contribution in [0.25, 0.3) is 33.5 Å². The number of hydrogen-bond acceptors (Lipinski definition) is 9. The minimum absolute atomic E-state index is 0.0265. The van der Waals surface area contributed by atoms with Crippen LogP contribution in [-0.4, -0.2) is 90.2 Å². The van der Waals surface area contributed by atoms with Gasteiger partial charge in [0.05, 0.1) is 39.2 Å². The molecule has 1 amide bonds. The van der Waals surface area contributed by atoms with Crippen molar-refractivity contribution in [2.24, 2.45) is 10.9 Å². The number of carbonyl (C=O) groups is 1. The molecule has 12 N–H and O–H groups in total. The van der Waals surface area contributed by atoms with Crippen LogP contribution in [-0.2, 0) is 29.4 Å². The molecule has 20 heteroatoms. The highest BCUT2D eigenvalue weighted by atomic mass is 32.2. The first-order valence-electron chi connectivity index (χ1n) is 13.9. The van der Waals surface area contributed by atoms with Gasteiger partial charge >= 0.3 is 15.2 Å². The number of aromatic nitrogens is 2. The lowest BCUT2D eigenvalue weighted by Crippen LogP contribution is -2.46. The zero-order valence-corrected chi connectivity index (χ0v) is 28.1. The van der Waals surface area contributed by atoms with E-state index < -0.39 is 78.3 Å². The van der Waals surface area contributed by atoms with Gasteiger partial charge in [0, 0.05) is 29.8 Å². The molecule has 1 heterocycles. The topological polar surface area (TPSA) is 315 Å². The molecule has 4 rings (SSSR count). The maximum atomic E-state index is 14.0. The first-order valence-corrected chi connectivity index (χ1v) is 19.1. The van der Waals surface area contributed by atoms with Gasteiger partial charge < -0.3 is 45.4 Å². The summed E-state index contributed by atoms with van der Waals surface area (Å²) in [5.41, 5.74) is 4.91. The number of fused-ring (bicyclic) bond motifs is 1. The molecule has 17 nitrogen and oxygen atoms in total. The largest absolute Gasteiger partial charge is 0.507 e. The van der Waals surface area contributed by atoms with Crippen LogP contribution in [0.3, 0.4) is 0 Å². The molecule has 3 aromatic carbocycles. The Labute approximate surface area is 274 Å². The third-order valence-corrected chi connectivity index (χ3v) is 10.1. The number of rotatable bonds is 12. The molecule has 0 aliphatic heterocycles. The number of aromatic amines is 1. The average molecular weight is 725 g/mol. The lowest BCUT2D eigenvalue weighted by molar-refractivity contribution is -0.135. The van der Waals surface area contributed by atoms with E-state index in [1.807, 2.05) is 0 Å². The number of nitrogen functional groups attached to an aromatic ring is 1. The van der Waals surface area contributed by atoms with Crippen molar-refractivity contribution in [3.8, 4) is 34.0 Å². The zero-order valence-electron chi connectivity index (χ0n) is 25.5. The number of phenolic OH excluding ortho intramolecular Hbond substituents is 2. The van der Waals surface area contributed by atoms with E-state index >= 15 is 0 Å². The fourth-order valence-corrected chi connectivity index (χ4v) is 6.47. The molecule has 258 valence electrons. The smallest absolute Gasteiger partial charge is 0.327 e. The van der Waals surface area contributed by atoms with Crippen LogP contribution in [0.1, 0.15) is 25.0 Å². The molecule has 0 spiro atoms. The Hall–Kier alpha value is -4.12. The monoisotopic (exact) mass is 724 g/mol. The summed E-state index contributed by atoms with van der Waals surface area (Å²) < 4.78 is 47.6. The Morgan fingerprint density at radius 3 is 2.06 bits per heavy atom. The highest BCUT2D eigenvalue weighted by molar-refractivity contribution is 7.89. The number of aromatic hydroxyl groups is 2. The number of benzene rings is 3. The summed E-state index contributed by atoms with van der Waals surface area (Å²) in [5.74, 6) is -1.94. The number of phenols is 2. The second-order valence-corrected chi connectivity index (χ2v) is 16.7. The molecule has 0 aliphatic rings. The molecule has 0 unspecified atom stereocenters. The number of nitrogens with one attached hydrogen (secondary N) is 2. The van der Waals surface area contributed by atoms with Crippen molar-refractivity contribution in [1.82, 2.24) is 14.9 Å². The lowest BCUT2D eigenvalue weighted by atomic mass is 9.80. The molecule has 4 aromatic rings. The third-order valence-electron chi connectivity index (χ3n) is 7.61. The average Bonchev–Trinajstić information content (AvgIpc) is 3.39. The maximum Gasteiger partial charge on any atom is 0.327 e. The summed E-state index contributed by atoms with van der Waals surface area (Å²) in [7, 11) is -13.6. The zero-order chi connectivity index (χ0) is 36.0. The van der Waals surface area contributed by atoms with Crippen molar-refractivity contribution >= 4 is 48.0 Å². The van der Waals surface area contributed by atoms with Gasteiger partial charge in [0.15, 0.2) is 0 Å². The fraction of sp³-hybridized carbons (Fsp3) is 0.250. The van der Waals surface area contributed by atoms with Crippen molar-refractivity contribution < 1.29 is 52.1 Å². The SMILES string of the molecule is CC(C)(C(=O)N(CCP(=O)(O)O)CCP(=O)(O)O)c1cc(-c2nc3ccc(C(=N)N)cc3[nH]2)c(O)c(-c2cc(S(N)(=O)=O)ccc2O)c1. The summed E-state index contributed by atoms with van der Waals surface area (Å²) in [6, 6.07) is 10.5. The Kier molecular flexibility index (Phi) is 9.99. The van der Waals surface area contributed by atoms with Crippen molar-refractivity contribution in [2.45, 2.75) is 24.2 Å². The minimum Gasteiger partial charge on any atom is -0.507 e. The molecule has 0 saturated carbocycles. The van der Waals surface area contributed by atoms with Crippen LogP contribution < -0.4 is 10.9 Å². The molecule has 0 atom stereocenters. The second kappa shape index (κ2) is 13.1. The number of nitrogens with zero attached hydrogens (tertiary/aromatic N) is 2. The number of hydrogen-bond donors (Lipinski definition) is 10. The summed E-state index contributed by atoms with van der Waals surface area (Å²) in [6.07, 6.45) is -1.59. The van der Waals surface area contributed by atoms with Gasteiger partial charge in [-0.05, 0) is 67.9 Å². The van der Waals surface area contributed by atoms with E-state index in [9.17, 15) is 52.1 Å². The number of primary sulfonamides is 1. The Bertz CT molecular complexity index is 2110. The molecule has 1 aromatic heterocycles. The summed E-state index contributed by atoms with van der Waals surface area (Å²) in [6.45, 7) is 1.75. The van der Waals surface area contributed by atoms with Gasteiger partial charge in [-0.3, -0.25) is 19.3 Å². The molecule has 0 fully saturated rings. The summed E-state index contributed by atoms with van der Waals surface area (Å²) in [4.78, 5) is 59.9. The highest BCUT2D eigenvalue weighted by Crippen LogP contribution is 2.45. The van der Waals surface area contributed by atoms with E-state index in [-0.39, 0.29) is 33.9 Å². The van der Waals surface area contributed by atoms with E-state index in [1.165, 1.54) is 26.0 Å². The number of carbonyl (C=O) groups excluding carboxylic acids is 1. The summed E-state index contributed by atoms with van der Waals surface area (Å²) in [5, 5.41) is 35.4. The highest BCUT2D eigenvalue weighted by Gasteiger charge is 2.37. The molecule has 0 saturated heterocycles. The van der Waals surface area contributed by atoms with Crippen LogP contribution in [0.15, 0.2) is 53.4 Å². The molecular weight excluding hydrogens is 690 g/mol. The maximum absolute atomic E-state index is 14.0. The van der Waals surface area contributed by atoms with E-state index in [0.717, 1.165) is 23.1 Å². The van der Waals surface area contributed by atoms with E-state index in [2.05, 4.69) is 9.97 Å². The van der Waals surface area contributed by atoms with Crippen molar-refractivity contribution in [1.29, 1.82) is 5.41 Å². The lowest BCUT2D eigenvalue weighted by Gasteiger charge is -2.33. The second-order valence-electron chi connectivity index (χ2n) is 11.6. The molecular formula is C28H34N6O11P2S. The van der Waals surface area contributed by atoms with E-state index in [1.54, 1.807) is 18.2 Å². The van der Waals surface area contributed by atoms with Gasteiger partial charge in [0.2, 0.25) is 15.9 Å². The number of amidine groups is 1. The number of amides is 1. The number of nitrogens with two attached hydrogens (primary N) is 2. The third kappa shape index (κ3) is 8.29. The first kappa shape index (κ1) is 36.7. The molecule has 48 heavy (non-hydrogen) atoms. The molecule has 0 radical (unpaired) electrons. The predicted octanol–water partition coefficient (Wildman–Crippen LogP) is 1.70. The number of H-pyrrole nitrogens is 1. The van der Waals surface area contributed by atoms with E-state index in [4.69, 9.17) is 16.3 Å². The van der Waals surface area contributed by atoms with Gasteiger partial charge in [-0.25, -0.2) is 18.5 Å². The van der Waals surface area contributed by atoms with Crippen LogP contribution in [0.4, 0.5) is 0 Å². The van der Waals surface area contributed by atoms with E-state index in [0.29, 0.717) is 16.6 Å². The molecule has 0 aliphatic carbocycles. The van der Waals surface area contributed by atoms with Crippen LogP contribution >= 0.6 is 15.2 Å². The van der Waals surface area contributed by atoms with Gasteiger partial charge in [0.1, 0.15) is 23.2 Å². The van der Waals surface area contributed by atoms with Gasteiger partial charge in [0.25, 0.3) is 0 Å². The predicted molar refractivity (Wildman–Crippen MR) is 176 cm³/mol. The van der Waals surface area contributed by atoms with Gasteiger partial charge in [-0.1, -0.05) is 0 Å². The normalized spacial score (nSPS) is 12.7. The van der Waals surface area contributed by atoms with Crippen LogP contribution in [0.5, 0.6) is 11.5 Å². The van der Waals surface area contributed by atoms with Crippen molar-refractivity contribution in [3.05, 3.63) is 59.7 Å². The Morgan fingerprint density at radius 2 is 1.52 bits per heavy atom. The van der Waals surface area contributed by atoms with Crippen molar-refractivity contribution in [2.75, 3.05) is 25.4 Å². The Morgan fingerprint density at radius 1 is 0.938 bits per heavy atom. The van der Waals surface area contributed by atoms with Crippen LogP contribution in [0, 0.1) is 5.41 Å². The number of imidazole rings is 1. The fourth-order valence-electron chi connectivity index (χ4n) is 4.93. The van der Waals surface area contributed by atoms with Crippen LogP contribution in [0.2, 0.25) is 0 Å².